The number of carbonyl (C=O) groups excluding carboxylic acids is 1. The molecule has 0 unspecified atom stereocenters. The van der Waals surface area contributed by atoms with Crippen molar-refractivity contribution in [3.8, 4) is 0 Å². The van der Waals surface area contributed by atoms with E-state index in [0.717, 1.165) is 10.4 Å². The minimum atomic E-state index is -2.78. The molecule has 6 heteroatoms. The molecule has 0 aliphatic heterocycles. The summed E-state index contributed by atoms with van der Waals surface area (Å²) >= 11 is 0. The fraction of sp³-hybridized carbons (Fsp3) is 0.480. The van der Waals surface area contributed by atoms with Crippen LogP contribution in [0, 0.1) is 0 Å². The molecule has 0 fully saturated rings. The van der Waals surface area contributed by atoms with Crippen molar-refractivity contribution in [1.29, 1.82) is 0 Å². The molecule has 0 bridgehead atoms. The van der Waals surface area contributed by atoms with Gasteiger partial charge >= 0.3 is 6.09 Å². The van der Waals surface area contributed by atoms with Crippen molar-refractivity contribution in [2.24, 2.45) is 0 Å². The number of amides is 1. The molecule has 1 atom stereocenters. The van der Waals surface area contributed by atoms with Crippen molar-refractivity contribution in [3.05, 3.63) is 60.7 Å². The molecule has 0 radical (unpaired) electrons. The molecule has 1 amide bonds. The van der Waals surface area contributed by atoms with Crippen LogP contribution in [0.2, 0.25) is 5.04 Å². The van der Waals surface area contributed by atoms with Crippen LogP contribution in [-0.4, -0.2) is 43.9 Å². The molecule has 0 saturated heterocycles. The van der Waals surface area contributed by atoms with E-state index >= 15 is 0 Å². The van der Waals surface area contributed by atoms with Crippen LogP contribution in [0.3, 0.4) is 0 Å². The van der Waals surface area contributed by atoms with Gasteiger partial charge in [0.1, 0.15) is 5.60 Å². The largest absolute Gasteiger partial charge is 0.444 e. The summed E-state index contributed by atoms with van der Waals surface area (Å²) in [6.07, 6.45) is -0.574. The lowest BCUT2D eigenvalue weighted by atomic mass is 10.1. The highest BCUT2D eigenvalue weighted by atomic mass is 28.4. The normalized spacial score (nSPS) is 14.6. The number of benzene rings is 2. The molecule has 0 aliphatic rings. The maximum atomic E-state index is 12.4. The Hall–Kier alpha value is -2.15. The average molecular weight is 444 g/mol. The van der Waals surface area contributed by atoms with E-state index in [1.165, 1.54) is 0 Å². The number of ether oxygens (including phenoxy) is 1. The summed E-state index contributed by atoms with van der Waals surface area (Å²) in [5.41, 5.74) is -1.62. The predicted octanol–water partition coefficient (Wildman–Crippen LogP) is 3.84. The minimum Gasteiger partial charge on any atom is -0.444 e. The van der Waals surface area contributed by atoms with Crippen molar-refractivity contribution in [2.45, 2.75) is 64.6 Å². The van der Waals surface area contributed by atoms with Gasteiger partial charge in [-0.05, 0) is 43.1 Å². The Morgan fingerprint density at radius 3 is 1.68 bits per heavy atom. The average Bonchev–Trinajstić information content (AvgIpc) is 2.67. The number of alkyl carbamates (subject to hydrolysis) is 1. The maximum Gasteiger partial charge on any atom is 0.408 e. The Labute approximate surface area is 187 Å². The number of aliphatic hydroxyl groups is 1. The summed E-state index contributed by atoms with van der Waals surface area (Å²) < 4.78 is 12.3. The van der Waals surface area contributed by atoms with Crippen molar-refractivity contribution in [3.63, 3.8) is 0 Å². The van der Waals surface area contributed by atoms with Crippen LogP contribution in [-0.2, 0) is 9.16 Å². The second kappa shape index (κ2) is 9.55. The lowest BCUT2D eigenvalue weighted by molar-refractivity contribution is 0.0345. The van der Waals surface area contributed by atoms with Crippen LogP contribution < -0.4 is 15.7 Å². The molecule has 2 aromatic rings. The second-order valence-electron chi connectivity index (χ2n) is 10.3. The summed E-state index contributed by atoms with van der Waals surface area (Å²) in [4.78, 5) is 12.4. The van der Waals surface area contributed by atoms with E-state index in [4.69, 9.17) is 9.16 Å². The minimum absolute atomic E-state index is 0.149. The highest BCUT2D eigenvalue weighted by molar-refractivity contribution is 6.99. The molecule has 2 aromatic carbocycles. The summed E-state index contributed by atoms with van der Waals surface area (Å²) in [6, 6.07) is 20.6. The summed E-state index contributed by atoms with van der Waals surface area (Å²) in [6.45, 7) is 13.6. The standard InChI is InChI=1S/C25H37NO4Si/c1-23(2,3)30-22(28)26-25(7,18-27)19-29-31(24(4,5)6,20-14-10-8-11-15-20)21-16-12-9-13-17-21/h8-17,27H,18-19H2,1-7H3,(H,26,28)/t25-/m0/s1. The molecule has 0 aromatic heterocycles. The number of hydrogen-bond acceptors (Lipinski definition) is 4. The van der Waals surface area contributed by atoms with Gasteiger partial charge in [-0.25, -0.2) is 4.79 Å². The van der Waals surface area contributed by atoms with Gasteiger partial charge in [-0.3, -0.25) is 0 Å². The SMILES string of the molecule is CC(C)(C)OC(=O)N[C@@](C)(CO)CO[Si](c1ccccc1)(c1ccccc1)C(C)(C)C. The Kier molecular flexibility index (Phi) is 7.73. The third-order valence-electron chi connectivity index (χ3n) is 5.18. The first-order valence-corrected chi connectivity index (χ1v) is 12.6. The highest BCUT2D eigenvalue weighted by Crippen LogP contribution is 2.37. The van der Waals surface area contributed by atoms with Crippen LogP contribution in [0.5, 0.6) is 0 Å². The lowest BCUT2D eigenvalue weighted by Crippen LogP contribution is -2.68. The van der Waals surface area contributed by atoms with Gasteiger partial charge in [-0.2, -0.15) is 0 Å². The molecule has 31 heavy (non-hydrogen) atoms. The number of hydrogen-bond donors (Lipinski definition) is 2. The summed E-state index contributed by atoms with van der Waals surface area (Å²) in [5.74, 6) is 0. The zero-order valence-electron chi connectivity index (χ0n) is 19.9. The Morgan fingerprint density at radius 1 is 0.871 bits per heavy atom. The maximum absolute atomic E-state index is 12.4. The van der Waals surface area contributed by atoms with Crippen molar-refractivity contribution < 1.29 is 19.1 Å². The topological polar surface area (TPSA) is 67.8 Å². The monoisotopic (exact) mass is 443 g/mol. The van der Waals surface area contributed by atoms with E-state index < -0.39 is 25.6 Å². The van der Waals surface area contributed by atoms with E-state index in [0.29, 0.717) is 0 Å². The summed E-state index contributed by atoms with van der Waals surface area (Å²) in [7, 11) is -2.78. The fourth-order valence-corrected chi connectivity index (χ4v) is 8.39. The zero-order valence-corrected chi connectivity index (χ0v) is 20.9. The lowest BCUT2D eigenvalue weighted by Gasteiger charge is -2.45. The van der Waals surface area contributed by atoms with E-state index in [1.54, 1.807) is 6.92 Å². The first-order chi connectivity index (χ1) is 14.3. The van der Waals surface area contributed by atoms with Crippen molar-refractivity contribution >= 4 is 24.8 Å². The third kappa shape index (κ3) is 6.18. The van der Waals surface area contributed by atoms with Crippen LogP contribution >= 0.6 is 0 Å². The van der Waals surface area contributed by atoms with Gasteiger partial charge in [0.15, 0.2) is 0 Å². The molecule has 2 rings (SSSR count). The zero-order chi connectivity index (χ0) is 23.3. The number of aliphatic hydroxyl groups excluding tert-OH is 1. The van der Waals surface area contributed by atoms with E-state index in [1.807, 2.05) is 57.2 Å². The fourth-order valence-electron chi connectivity index (χ4n) is 3.70. The number of rotatable bonds is 7. The first kappa shape index (κ1) is 25.1. The molecule has 170 valence electrons. The van der Waals surface area contributed by atoms with Gasteiger partial charge in [0.25, 0.3) is 8.32 Å². The molecule has 5 nitrogen and oxygen atoms in total. The van der Waals surface area contributed by atoms with E-state index in [-0.39, 0.29) is 18.3 Å². The molecule has 2 N–H and O–H groups in total. The summed E-state index contributed by atoms with van der Waals surface area (Å²) in [5, 5.41) is 15.0. The Bertz CT molecular complexity index is 804. The second-order valence-corrected chi connectivity index (χ2v) is 14.6. The van der Waals surface area contributed by atoms with Gasteiger partial charge in [0.2, 0.25) is 0 Å². The van der Waals surface area contributed by atoms with Gasteiger partial charge in [0, 0.05) is 0 Å². The highest BCUT2D eigenvalue weighted by Gasteiger charge is 2.51. The van der Waals surface area contributed by atoms with Crippen LogP contribution in [0.4, 0.5) is 4.79 Å². The van der Waals surface area contributed by atoms with Crippen molar-refractivity contribution in [1.82, 2.24) is 5.32 Å². The van der Waals surface area contributed by atoms with Crippen LogP contribution in [0.15, 0.2) is 60.7 Å². The quantitative estimate of drug-likeness (QED) is 0.638. The molecular weight excluding hydrogens is 406 g/mol. The van der Waals surface area contributed by atoms with E-state index in [2.05, 4.69) is 50.4 Å². The van der Waals surface area contributed by atoms with Gasteiger partial charge in [-0.1, -0.05) is 81.4 Å². The molecule has 0 spiro atoms. The van der Waals surface area contributed by atoms with E-state index in [9.17, 15) is 9.90 Å². The Balaban J connectivity index is 2.45. The third-order valence-corrected chi connectivity index (χ3v) is 10.2. The molecule has 0 heterocycles. The molecular formula is C25H37NO4Si. The molecule has 0 saturated carbocycles. The van der Waals surface area contributed by atoms with Crippen LogP contribution in [0.25, 0.3) is 0 Å². The van der Waals surface area contributed by atoms with Gasteiger partial charge < -0.3 is 19.6 Å². The van der Waals surface area contributed by atoms with Crippen molar-refractivity contribution in [2.75, 3.05) is 13.2 Å². The molecule has 0 aliphatic carbocycles. The van der Waals surface area contributed by atoms with Gasteiger partial charge in [-0.15, -0.1) is 0 Å². The number of nitrogens with one attached hydrogen (secondary N) is 1. The first-order valence-electron chi connectivity index (χ1n) is 10.7. The number of carbonyl (C=O) groups is 1. The van der Waals surface area contributed by atoms with Gasteiger partial charge in [0.05, 0.1) is 18.8 Å². The predicted molar refractivity (Wildman–Crippen MR) is 128 cm³/mol. The Morgan fingerprint density at radius 2 is 1.32 bits per heavy atom. The van der Waals surface area contributed by atoms with Crippen LogP contribution in [0.1, 0.15) is 48.5 Å². The smallest absolute Gasteiger partial charge is 0.408 e.